The molecule has 0 radical (unpaired) electrons. The first-order chi connectivity index (χ1) is 15.3. The second-order valence-electron chi connectivity index (χ2n) is 11.7. The summed E-state index contributed by atoms with van der Waals surface area (Å²) in [6.45, 7) is 27.3. The van der Waals surface area contributed by atoms with Crippen LogP contribution < -0.4 is 0 Å². The topological polar surface area (TPSA) is 23.8 Å². The van der Waals surface area contributed by atoms with Gasteiger partial charge < -0.3 is 0 Å². The van der Waals surface area contributed by atoms with Gasteiger partial charge in [0, 0.05) is 0 Å². The number of hydrogen-bond donors (Lipinski definition) is 0. The van der Waals surface area contributed by atoms with Crippen LogP contribution in [0.2, 0.25) is 0 Å². The lowest BCUT2D eigenvalue weighted by Crippen LogP contribution is -2.16. The van der Waals surface area contributed by atoms with Crippen LogP contribution in [0.1, 0.15) is 169 Å². The van der Waals surface area contributed by atoms with Gasteiger partial charge in [0.25, 0.3) is 0 Å². The van der Waals surface area contributed by atoms with Gasteiger partial charge in [-0.15, -0.1) is 0 Å². The minimum Gasteiger partial charge on any atom is -0.197 e. The molecule has 0 spiro atoms. The van der Waals surface area contributed by atoms with Gasteiger partial charge in [0.15, 0.2) is 0 Å². The van der Waals surface area contributed by atoms with Crippen molar-refractivity contribution in [1.82, 2.24) is 0 Å². The summed E-state index contributed by atoms with van der Waals surface area (Å²) < 4.78 is 0. The van der Waals surface area contributed by atoms with Gasteiger partial charge in [-0.05, 0) is 80.0 Å². The van der Waals surface area contributed by atoms with Gasteiger partial charge in [-0.2, -0.15) is 5.26 Å². The van der Waals surface area contributed by atoms with Crippen molar-refractivity contribution in [1.29, 1.82) is 5.26 Å². The molecule has 180 valence electrons. The standard InChI is InChI=1S/C32H47N/c1-18(2)24-13-26(20(5)6)31(27(14-24)21(7)8)30(17-33)32-28(22(9)10)15-25(19(3)4)16-29(32)23(11)12/h13-16,18-23,30H,1-12H3. The molecule has 0 atom stereocenters. The third-order valence-electron chi connectivity index (χ3n) is 7.06. The Labute approximate surface area is 204 Å². The molecule has 33 heavy (non-hydrogen) atoms. The molecule has 0 bridgehead atoms. The Hall–Kier alpha value is -2.07. The number of rotatable bonds is 8. The molecule has 0 heterocycles. The highest BCUT2D eigenvalue weighted by Gasteiger charge is 2.30. The van der Waals surface area contributed by atoms with E-state index in [-0.39, 0.29) is 5.92 Å². The SMILES string of the molecule is CC(C)c1cc(C(C)C)c(C(C#N)c2c(C(C)C)cc(C(C)C)cc2C(C)C)c(C(C)C)c1. The highest BCUT2D eigenvalue weighted by molar-refractivity contribution is 5.57. The van der Waals surface area contributed by atoms with Crippen molar-refractivity contribution in [2.24, 2.45) is 0 Å². The zero-order valence-electron chi connectivity index (χ0n) is 23.3. The third-order valence-corrected chi connectivity index (χ3v) is 7.06. The predicted octanol–water partition coefficient (Wildman–Crippen LogP) is 10.1. The van der Waals surface area contributed by atoms with Crippen molar-refractivity contribution in [3.8, 4) is 6.07 Å². The minimum absolute atomic E-state index is 0.253. The Balaban J connectivity index is 3.03. The van der Waals surface area contributed by atoms with Crippen LogP contribution in [0.25, 0.3) is 0 Å². The Bertz CT molecular complexity index is 862. The summed E-state index contributed by atoms with van der Waals surface area (Å²) in [4.78, 5) is 0. The molecule has 0 amide bonds. The van der Waals surface area contributed by atoms with Gasteiger partial charge in [0.2, 0.25) is 0 Å². The lowest BCUT2D eigenvalue weighted by Gasteiger charge is -2.30. The van der Waals surface area contributed by atoms with E-state index in [1.165, 1.54) is 44.5 Å². The first-order valence-electron chi connectivity index (χ1n) is 13.1. The molecule has 1 nitrogen and oxygen atoms in total. The van der Waals surface area contributed by atoms with E-state index >= 15 is 0 Å². The Morgan fingerprint density at radius 1 is 0.455 bits per heavy atom. The van der Waals surface area contributed by atoms with Crippen molar-refractivity contribution in [3.63, 3.8) is 0 Å². The normalized spacial score (nSPS) is 12.3. The van der Waals surface area contributed by atoms with Crippen LogP contribution in [-0.2, 0) is 0 Å². The molecule has 2 aromatic rings. The quantitative estimate of drug-likeness (QED) is 0.396. The minimum atomic E-state index is -0.253. The van der Waals surface area contributed by atoms with Crippen LogP contribution in [0.15, 0.2) is 24.3 Å². The number of benzene rings is 2. The van der Waals surface area contributed by atoms with E-state index in [9.17, 15) is 5.26 Å². The molecular weight excluding hydrogens is 398 g/mol. The highest BCUT2D eigenvalue weighted by atomic mass is 14.4. The summed E-state index contributed by atoms with van der Waals surface area (Å²) in [5.74, 6) is 2.16. The average Bonchev–Trinajstić information content (AvgIpc) is 2.72. The molecule has 0 fully saturated rings. The van der Waals surface area contributed by atoms with Crippen molar-refractivity contribution in [2.45, 2.75) is 125 Å². The average molecular weight is 446 g/mol. The van der Waals surface area contributed by atoms with Crippen molar-refractivity contribution in [3.05, 3.63) is 68.8 Å². The van der Waals surface area contributed by atoms with Crippen LogP contribution >= 0.6 is 0 Å². The molecule has 0 saturated heterocycles. The smallest absolute Gasteiger partial charge is 0.0973 e. The molecule has 0 unspecified atom stereocenters. The molecule has 0 aliphatic heterocycles. The van der Waals surface area contributed by atoms with E-state index in [1.807, 2.05) is 0 Å². The molecule has 2 aromatic carbocycles. The Morgan fingerprint density at radius 2 is 0.697 bits per heavy atom. The van der Waals surface area contributed by atoms with Crippen LogP contribution in [0, 0.1) is 11.3 Å². The Morgan fingerprint density at radius 3 is 0.848 bits per heavy atom. The molecule has 0 saturated carbocycles. The first kappa shape index (κ1) is 27.2. The summed E-state index contributed by atoms with van der Waals surface area (Å²) in [6.07, 6.45) is 0. The Kier molecular flexibility index (Phi) is 8.98. The van der Waals surface area contributed by atoms with Gasteiger partial charge in [-0.25, -0.2) is 0 Å². The lowest BCUT2D eigenvalue weighted by molar-refractivity contribution is 0.743. The molecule has 0 aliphatic rings. The van der Waals surface area contributed by atoms with Gasteiger partial charge in [-0.1, -0.05) is 107 Å². The van der Waals surface area contributed by atoms with E-state index in [2.05, 4.69) is 113 Å². The van der Waals surface area contributed by atoms with Crippen molar-refractivity contribution >= 4 is 0 Å². The van der Waals surface area contributed by atoms with Crippen LogP contribution in [0.5, 0.6) is 0 Å². The van der Waals surface area contributed by atoms with E-state index in [0.717, 1.165) is 0 Å². The maximum atomic E-state index is 10.8. The monoisotopic (exact) mass is 445 g/mol. The summed E-state index contributed by atoms with van der Waals surface area (Å²) in [7, 11) is 0. The number of hydrogen-bond acceptors (Lipinski definition) is 1. The molecule has 0 N–H and O–H groups in total. The first-order valence-corrected chi connectivity index (χ1v) is 13.1. The third kappa shape index (κ3) is 5.71. The molecule has 0 aliphatic carbocycles. The molecule has 2 rings (SSSR count). The van der Waals surface area contributed by atoms with Crippen molar-refractivity contribution < 1.29 is 0 Å². The fourth-order valence-corrected chi connectivity index (χ4v) is 4.96. The zero-order chi connectivity index (χ0) is 25.2. The summed E-state index contributed by atoms with van der Waals surface area (Å²) in [5, 5.41) is 10.8. The molecule has 1 heteroatoms. The van der Waals surface area contributed by atoms with E-state index in [1.54, 1.807) is 0 Å². The van der Waals surface area contributed by atoms with E-state index < -0.39 is 0 Å². The largest absolute Gasteiger partial charge is 0.197 e. The predicted molar refractivity (Wildman–Crippen MR) is 145 cm³/mol. The second-order valence-corrected chi connectivity index (χ2v) is 11.7. The summed E-state index contributed by atoms with van der Waals surface area (Å²) >= 11 is 0. The number of nitriles is 1. The van der Waals surface area contributed by atoms with E-state index in [4.69, 9.17) is 0 Å². The maximum absolute atomic E-state index is 10.8. The highest BCUT2D eigenvalue weighted by Crippen LogP contribution is 2.44. The maximum Gasteiger partial charge on any atom is 0.0973 e. The van der Waals surface area contributed by atoms with Gasteiger partial charge >= 0.3 is 0 Å². The van der Waals surface area contributed by atoms with Crippen LogP contribution in [0.4, 0.5) is 0 Å². The number of nitrogens with zero attached hydrogens (tertiary/aromatic N) is 1. The van der Waals surface area contributed by atoms with Crippen LogP contribution in [-0.4, -0.2) is 0 Å². The van der Waals surface area contributed by atoms with Crippen LogP contribution in [0.3, 0.4) is 0 Å². The summed E-state index contributed by atoms with van der Waals surface area (Å²) in [5.41, 5.74) is 10.6. The second kappa shape index (κ2) is 10.9. The van der Waals surface area contributed by atoms with Gasteiger partial charge in [0.05, 0.1) is 12.0 Å². The zero-order valence-corrected chi connectivity index (χ0v) is 23.3. The fourth-order valence-electron chi connectivity index (χ4n) is 4.96. The van der Waals surface area contributed by atoms with Gasteiger partial charge in [-0.3, -0.25) is 0 Å². The summed E-state index contributed by atoms with van der Waals surface area (Å²) in [6, 6.07) is 12.3. The van der Waals surface area contributed by atoms with E-state index in [0.29, 0.717) is 35.5 Å². The lowest BCUT2D eigenvalue weighted by atomic mass is 9.73. The van der Waals surface area contributed by atoms with Crippen molar-refractivity contribution in [2.75, 3.05) is 0 Å². The molecular formula is C32H47N. The van der Waals surface area contributed by atoms with Gasteiger partial charge in [0.1, 0.15) is 0 Å². The fraction of sp³-hybridized carbons (Fsp3) is 0.594. The molecule has 0 aromatic heterocycles.